The van der Waals surface area contributed by atoms with Crippen LogP contribution in [0.2, 0.25) is 0 Å². The quantitative estimate of drug-likeness (QED) is 0.569. The summed E-state index contributed by atoms with van der Waals surface area (Å²) in [6.45, 7) is 0.378. The van der Waals surface area contributed by atoms with Gasteiger partial charge in [0, 0.05) is 12.6 Å². The topological polar surface area (TPSA) is 123 Å². The van der Waals surface area contributed by atoms with Crippen LogP contribution in [0.3, 0.4) is 0 Å². The van der Waals surface area contributed by atoms with E-state index in [0.717, 1.165) is 19.3 Å². The maximum absolute atomic E-state index is 13.3. The lowest BCUT2D eigenvalue weighted by molar-refractivity contribution is 0.413. The molecule has 0 saturated heterocycles. The molecule has 1 saturated carbocycles. The molecule has 9 nitrogen and oxygen atoms in total. The van der Waals surface area contributed by atoms with Crippen LogP contribution in [0.5, 0.6) is 11.5 Å². The Kier molecular flexibility index (Phi) is 5.01. The first-order valence-corrected chi connectivity index (χ1v) is 12.4. The van der Waals surface area contributed by atoms with Crippen LogP contribution >= 0.6 is 11.3 Å². The summed E-state index contributed by atoms with van der Waals surface area (Å²) in [5.74, 6) is 0.296. The summed E-state index contributed by atoms with van der Waals surface area (Å²) in [5, 5.41) is 17.2. The fraction of sp³-hybridized carbons (Fsp3) is 0.286. The first kappa shape index (κ1) is 20.7. The normalized spacial score (nSPS) is 16.7. The number of thiophene rings is 1. The predicted octanol–water partition coefficient (Wildman–Crippen LogP) is 2.86. The zero-order chi connectivity index (χ0) is 22.5. The van der Waals surface area contributed by atoms with Gasteiger partial charge in [-0.3, -0.25) is 9.52 Å². The van der Waals surface area contributed by atoms with Crippen molar-refractivity contribution in [2.75, 3.05) is 7.11 Å². The van der Waals surface area contributed by atoms with Crippen LogP contribution in [0.4, 0.5) is 5.69 Å². The smallest absolute Gasteiger partial charge is 0.281 e. The number of sulfonamides is 1. The summed E-state index contributed by atoms with van der Waals surface area (Å²) in [6, 6.07) is 8.02. The summed E-state index contributed by atoms with van der Waals surface area (Å²) in [5.41, 5.74) is -0.448. The number of benzene rings is 1. The minimum Gasteiger partial charge on any atom is -0.505 e. The van der Waals surface area contributed by atoms with Crippen LogP contribution < -0.4 is 15.0 Å². The van der Waals surface area contributed by atoms with Crippen LogP contribution in [0.1, 0.15) is 24.8 Å². The van der Waals surface area contributed by atoms with Crippen molar-refractivity contribution in [1.82, 2.24) is 14.5 Å². The van der Waals surface area contributed by atoms with Crippen LogP contribution in [0.25, 0.3) is 10.6 Å². The summed E-state index contributed by atoms with van der Waals surface area (Å²) in [7, 11) is -2.60. The summed E-state index contributed by atoms with van der Waals surface area (Å²) in [6.07, 6.45) is 3.05. The Morgan fingerprint density at radius 3 is 2.81 bits per heavy atom. The minimum atomic E-state index is -4.04. The van der Waals surface area contributed by atoms with Gasteiger partial charge in [-0.05, 0) is 35.9 Å². The van der Waals surface area contributed by atoms with E-state index in [1.807, 2.05) is 11.4 Å². The van der Waals surface area contributed by atoms with Crippen LogP contribution in [0.15, 0.2) is 50.4 Å². The molecule has 0 unspecified atom stereocenters. The average molecular weight is 473 g/mol. The van der Waals surface area contributed by atoms with Crippen molar-refractivity contribution in [3.63, 3.8) is 0 Å². The van der Waals surface area contributed by atoms with Crippen LogP contribution in [0, 0.1) is 5.92 Å². The number of aromatic hydroxyl groups is 1. The molecule has 2 aliphatic rings. The van der Waals surface area contributed by atoms with Gasteiger partial charge < -0.3 is 9.84 Å². The molecular weight excluding hydrogens is 452 g/mol. The molecule has 1 aliphatic heterocycles. The molecule has 1 fully saturated rings. The van der Waals surface area contributed by atoms with Gasteiger partial charge in [-0.25, -0.2) is 18.1 Å². The molecule has 3 aromatic rings. The number of nitrogens with zero attached hydrogens (tertiary/aromatic N) is 3. The fourth-order valence-corrected chi connectivity index (χ4v) is 5.46. The van der Waals surface area contributed by atoms with Crippen molar-refractivity contribution in [3.8, 4) is 22.1 Å². The van der Waals surface area contributed by atoms with E-state index < -0.39 is 21.3 Å². The second kappa shape index (κ2) is 7.75. The molecule has 0 spiro atoms. The number of hydrogen-bond donors (Lipinski definition) is 2. The molecule has 11 heteroatoms. The molecule has 32 heavy (non-hydrogen) atoms. The number of rotatable bonds is 6. The standard InChI is InChI=1S/C21H20N4O5S2/c1-30-13-6-7-14-16(11-13)32(28,29)24-20(22-14)17-19(26)18(15-3-2-10-31-15)23-25(21(17)27)9-8-12-4-5-12/h2-3,6-7,10-12,26H,4-5,8-9H2,1H3,(H,22,24). The molecule has 2 aromatic heterocycles. The van der Waals surface area contributed by atoms with Crippen molar-refractivity contribution >= 4 is 32.9 Å². The Morgan fingerprint density at radius 1 is 1.31 bits per heavy atom. The van der Waals surface area contributed by atoms with E-state index in [9.17, 15) is 18.3 Å². The predicted molar refractivity (Wildman–Crippen MR) is 120 cm³/mol. The molecule has 0 atom stereocenters. The van der Waals surface area contributed by atoms with E-state index >= 15 is 0 Å². The largest absolute Gasteiger partial charge is 0.505 e. The lowest BCUT2D eigenvalue weighted by atomic mass is 10.1. The molecular formula is C21H20N4O5S2. The van der Waals surface area contributed by atoms with E-state index in [4.69, 9.17) is 4.74 Å². The zero-order valence-corrected chi connectivity index (χ0v) is 18.7. The van der Waals surface area contributed by atoms with Gasteiger partial charge in [0.15, 0.2) is 11.6 Å². The van der Waals surface area contributed by atoms with Gasteiger partial charge >= 0.3 is 0 Å². The molecule has 3 heterocycles. The number of aryl methyl sites for hydroxylation is 1. The molecule has 1 aliphatic carbocycles. The lowest BCUT2D eigenvalue weighted by Crippen LogP contribution is -2.39. The van der Waals surface area contributed by atoms with Crippen LogP contribution in [-0.4, -0.2) is 36.3 Å². The Labute approximate surface area is 188 Å². The van der Waals surface area contributed by atoms with Crippen molar-refractivity contribution in [2.24, 2.45) is 10.9 Å². The van der Waals surface area contributed by atoms with Gasteiger partial charge in [0.2, 0.25) is 0 Å². The number of hydrogen-bond acceptors (Lipinski definition) is 8. The Morgan fingerprint density at radius 2 is 2.12 bits per heavy atom. The van der Waals surface area contributed by atoms with E-state index in [2.05, 4.69) is 14.8 Å². The summed E-state index contributed by atoms with van der Waals surface area (Å²) < 4.78 is 34.6. The Hall–Kier alpha value is -3.18. The second-order valence-electron chi connectivity index (χ2n) is 7.71. The third-order valence-corrected chi connectivity index (χ3v) is 7.73. The number of aromatic nitrogens is 2. The Balaban J connectivity index is 1.69. The maximum atomic E-state index is 13.3. The molecule has 1 aromatic carbocycles. The highest BCUT2D eigenvalue weighted by Gasteiger charge is 2.32. The molecule has 0 radical (unpaired) electrons. The molecule has 166 valence electrons. The molecule has 0 amide bonds. The van der Waals surface area contributed by atoms with E-state index in [1.165, 1.54) is 35.3 Å². The third kappa shape index (κ3) is 3.67. The second-order valence-corrected chi connectivity index (χ2v) is 10.3. The van der Waals surface area contributed by atoms with Crippen molar-refractivity contribution < 1.29 is 18.3 Å². The highest BCUT2D eigenvalue weighted by molar-refractivity contribution is 7.90. The monoisotopic (exact) mass is 472 g/mol. The van der Waals surface area contributed by atoms with Crippen LogP contribution in [-0.2, 0) is 16.6 Å². The van der Waals surface area contributed by atoms with E-state index in [-0.39, 0.29) is 27.7 Å². The van der Waals surface area contributed by atoms with Gasteiger partial charge in [0.05, 0.1) is 17.7 Å². The fourth-order valence-electron chi connectivity index (χ4n) is 3.58. The Bertz CT molecular complexity index is 1390. The first-order valence-electron chi connectivity index (χ1n) is 10.1. The van der Waals surface area contributed by atoms with Gasteiger partial charge in [-0.15, -0.1) is 11.3 Å². The van der Waals surface area contributed by atoms with Gasteiger partial charge in [0.1, 0.15) is 21.9 Å². The van der Waals surface area contributed by atoms with E-state index in [1.54, 1.807) is 12.1 Å². The average Bonchev–Trinajstić information content (AvgIpc) is 3.44. The van der Waals surface area contributed by atoms with Crippen molar-refractivity contribution in [3.05, 3.63) is 51.6 Å². The molecule has 5 rings (SSSR count). The van der Waals surface area contributed by atoms with Crippen molar-refractivity contribution in [2.45, 2.75) is 30.7 Å². The van der Waals surface area contributed by atoms with Gasteiger partial charge in [0.25, 0.3) is 15.6 Å². The number of nitrogens with one attached hydrogen (secondary N) is 1. The molecule has 2 N–H and O–H groups in total. The van der Waals surface area contributed by atoms with E-state index in [0.29, 0.717) is 23.1 Å². The SMILES string of the molecule is COc1ccc2c(c1)S(=O)(=O)NC(c1c(O)c(-c3cccs3)nn(CCC3CC3)c1=O)=N2. The minimum absolute atomic E-state index is 0.0679. The molecule has 0 bridgehead atoms. The van der Waals surface area contributed by atoms with Gasteiger partial charge in [-0.2, -0.15) is 5.10 Å². The lowest BCUT2D eigenvalue weighted by Gasteiger charge is -2.20. The first-order chi connectivity index (χ1) is 15.4. The zero-order valence-electron chi connectivity index (χ0n) is 17.1. The maximum Gasteiger partial charge on any atom is 0.281 e. The highest BCUT2D eigenvalue weighted by atomic mass is 32.2. The number of amidine groups is 1. The third-order valence-electron chi connectivity index (χ3n) is 5.49. The van der Waals surface area contributed by atoms with Crippen molar-refractivity contribution in [1.29, 1.82) is 0 Å². The van der Waals surface area contributed by atoms with Gasteiger partial charge in [-0.1, -0.05) is 18.9 Å². The summed E-state index contributed by atoms with van der Waals surface area (Å²) >= 11 is 1.36. The number of ether oxygens (including phenoxy) is 1. The summed E-state index contributed by atoms with van der Waals surface area (Å²) in [4.78, 5) is 18.2. The number of methoxy groups -OCH3 is 1. The highest BCUT2D eigenvalue weighted by Crippen LogP contribution is 2.36. The number of aliphatic imine (C=N–C) groups is 1. The number of fused-ring (bicyclic) bond motifs is 1.